The molecule has 0 saturated heterocycles. The molecule has 1 rings (SSSR count). The van der Waals surface area contributed by atoms with Crippen LogP contribution in [0.5, 0.6) is 0 Å². The smallest absolute Gasteiger partial charge is 0.226 e. The summed E-state index contributed by atoms with van der Waals surface area (Å²) >= 11 is 0. The van der Waals surface area contributed by atoms with Crippen LogP contribution in [0.25, 0.3) is 0 Å². The predicted molar refractivity (Wildman–Crippen MR) is 36.3 cm³/mol. The zero-order valence-corrected chi connectivity index (χ0v) is 6.11. The van der Waals surface area contributed by atoms with E-state index in [9.17, 15) is 9.18 Å². The SMILES string of the molecule is CNC(=O)C1(CCF)CC1. The summed E-state index contributed by atoms with van der Waals surface area (Å²) in [6.07, 6.45) is 2.11. The molecule has 0 atom stereocenters. The first kappa shape index (κ1) is 7.51. The Morgan fingerprint density at radius 3 is 2.60 bits per heavy atom. The van der Waals surface area contributed by atoms with Gasteiger partial charge in [-0.2, -0.15) is 0 Å². The molecule has 1 aliphatic carbocycles. The fourth-order valence-electron chi connectivity index (χ4n) is 1.19. The van der Waals surface area contributed by atoms with Crippen LogP contribution in [0.2, 0.25) is 0 Å². The first-order valence-corrected chi connectivity index (χ1v) is 3.53. The van der Waals surface area contributed by atoms with E-state index in [2.05, 4.69) is 5.32 Å². The highest BCUT2D eigenvalue weighted by Crippen LogP contribution is 2.48. The number of carbonyl (C=O) groups excluding carboxylic acids is 1. The van der Waals surface area contributed by atoms with Gasteiger partial charge in [0.05, 0.1) is 12.1 Å². The van der Waals surface area contributed by atoms with Gasteiger partial charge in [-0.3, -0.25) is 9.18 Å². The minimum atomic E-state index is -0.382. The lowest BCUT2D eigenvalue weighted by Gasteiger charge is -2.09. The second kappa shape index (κ2) is 2.56. The molecular weight excluding hydrogens is 133 g/mol. The molecule has 0 spiro atoms. The van der Waals surface area contributed by atoms with Crippen LogP contribution in [0.1, 0.15) is 19.3 Å². The Morgan fingerprint density at radius 2 is 2.30 bits per heavy atom. The normalized spacial score (nSPS) is 20.2. The van der Waals surface area contributed by atoms with Crippen LogP contribution in [0, 0.1) is 5.41 Å². The first-order chi connectivity index (χ1) is 4.75. The van der Waals surface area contributed by atoms with E-state index in [1.807, 2.05) is 0 Å². The summed E-state index contributed by atoms with van der Waals surface area (Å²) in [5.41, 5.74) is -0.316. The molecule has 0 heterocycles. The third-order valence-electron chi connectivity index (χ3n) is 2.14. The van der Waals surface area contributed by atoms with Crippen LogP contribution in [-0.2, 0) is 4.79 Å². The summed E-state index contributed by atoms with van der Waals surface area (Å²) in [6, 6.07) is 0. The third kappa shape index (κ3) is 1.13. The van der Waals surface area contributed by atoms with Crippen molar-refractivity contribution in [1.29, 1.82) is 0 Å². The number of halogens is 1. The second-order valence-corrected chi connectivity index (χ2v) is 2.80. The van der Waals surface area contributed by atoms with Crippen LogP contribution in [0.3, 0.4) is 0 Å². The monoisotopic (exact) mass is 145 g/mol. The van der Waals surface area contributed by atoms with Gasteiger partial charge in [0.25, 0.3) is 0 Å². The molecular formula is C7H12FNO. The van der Waals surface area contributed by atoms with Crippen molar-refractivity contribution < 1.29 is 9.18 Å². The minimum absolute atomic E-state index is 0.00477. The molecule has 1 amide bonds. The number of hydrogen-bond donors (Lipinski definition) is 1. The Kier molecular flexibility index (Phi) is 1.92. The molecule has 58 valence electrons. The maximum absolute atomic E-state index is 11.8. The van der Waals surface area contributed by atoms with E-state index >= 15 is 0 Å². The molecule has 10 heavy (non-hydrogen) atoms. The quantitative estimate of drug-likeness (QED) is 0.627. The predicted octanol–water partition coefficient (Wildman–Crippen LogP) is 0.872. The molecule has 0 aromatic carbocycles. The molecule has 1 aliphatic rings. The third-order valence-corrected chi connectivity index (χ3v) is 2.14. The highest BCUT2D eigenvalue weighted by atomic mass is 19.1. The van der Waals surface area contributed by atoms with E-state index in [-0.39, 0.29) is 18.0 Å². The lowest BCUT2D eigenvalue weighted by atomic mass is 10.0. The summed E-state index contributed by atoms with van der Waals surface area (Å²) in [6.45, 7) is -0.382. The maximum atomic E-state index is 11.8. The molecule has 1 N–H and O–H groups in total. The van der Waals surface area contributed by atoms with Crippen molar-refractivity contribution in [3.8, 4) is 0 Å². The van der Waals surface area contributed by atoms with Gasteiger partial charge >= 0.3 is 0 Å². The van der Waals surface area contributed by atoms with Crippen molar-refractivity contribution in [3.05, 3.63) is 0 Å². The van der Waals surface area contributed by atoms with Crippen molar-refractivity contribution >= 4 is 5.91 Å². The topological polar surface area (TPSA) is 29.1 Å². The lowest BCUT2D eigenvalue weighted by molar-refractivity contribution is -0.126. The van der Waals surface area contributed by atoms with E-state index in [4.69, 9.17) is 0 Å². The van der Waals surface area contributed by atoms with Gasteiger partial charge in [0, 0.05) is 7.05 Å². The molecule has 2 nitrogen and oxygen atoms in total. The van der Waals surface area contributed by atoms with Crippen molar-refractivity contribution in [2.45, 2.75) is 19.3 Å². The summed E-state index contributed by atoms with van der Waals surface area (Å²) in [7, 11) is 1.60. The zero-order valence-electron chi connectivity index (χ0n) is 6.11. The molecule has 0 aliphatic heterocycles. The summed E-state index contributed by atoms with van der Waals surface area (Å²) < 4.78 is 11.8. The fraction of sp³-hybridized carbons (Fsp3) is 0.857. The molecule has 1 fully saturated rings. The lowest BCUT2D eigenvalue weighted by Crippen LogP contribution is -2.28. The van der Waals surface area contributed by atoms with E-state index in [1.165, 1.54) is 0 Å². The van der Waals surface area contributed by atoms with Gasteiger partial charge in [0.15, 0.2) is 0 Å². The minimum Gasteiger partial charge on any atom is -0.359 e. The molecule has 0 radical (unpaired) electrons. The number of rotatable bonds is 3. The van der Waals surface area contributed by atoms with Gasteiger partial charge in [-0.05, 0) is 19.3 Å². The Labute approximate surface area is 59.8 Å². The molecule has 0 aromatic rings. The summed E-state index contributed by atoms with van der Waals surface area (Å²) in [4.78, 5) is 11.0. The van der Waals surface area contributed by atoms with Crippen molar-refractivity contribution in [3.63, 3.8) is 0 Å². The van der Waals surface area contributed by atoms with Crippen molar-refractivity contribution in [2.75, 3.05) is 13.7 Å². The molecule has 3 heteroatoms. The standard InChI is InChI=1S/C7H12FNO/c1-9-6(10)7(2-3-7)4-5-8/h2-5H2,1H3,(H,9,10). The van der Waals surface area contributed by atoms with Gasteiger partial charge in [0.2, 0.25) is 5.91 Å². The highest BCUT2D eigenvalue weighted by molar-refractivity contribution is 5.84. The van der Waals surface area contributed by atoms with E-state index in [1.54, 1.807) is 7.05 Å². The zero-order chi connectivity index (χ0) is 7.61. The van der Waals surface area contributed by atoms with Crippen molar-refractivity contribution in [2.24, 2.45) is 5.41 Å². The fourth-order valence-corrected chi connectivity index (χ4v) is 1.19. The number of alkyl halides is 1. The Hall–Kier alpha value is -0.600. The summed E-state index contributed by atoms with van der Waals surface area (Å²) in [5.74, 6) is 0.00477. The van der Waals surface area contributed by atoms with E-state index in [0.29, 0.717) is 6.42 Å². The molecule has 1 saturated carbocycles. The largest absolute Gasteiger partial charge is 0.359 e. The first-order valence-electron chi connectivity index (χ1n) is 3.53. The van der Waals surface area contributed by atoms with Gasteiger partial charge in [-0.1, -0.05) is 0 Å². The van der Waals surface area contributed by atoms with Crippen LogP contribution in [0.15, 0.2) is 0 Å². The van der Waals surface area contributed by atoms with Gasteiger partial charge < -0.3 is 5.32 Å². The van der Waals surface area contributed by atoms with E-state index < -0.39 is 0 Å². The Balaban J connectivity index is 2.43. The Morgan fingerprint density at radius 1 is 1.70 bits per heavy atom. The highest BCUT2D eigenvalue weighted by Gasteiger charge is 2.48. The number of hydrogen-bond acceptors (Lipinski definition) is 1. The number of carbonyl (C=O) groups is 1. The summed E-state index contributed by atoms with van der Waals surface area (Å²) in [5, 5.41) is 2.55. The van der Waals surface area contributed by atoms with Crippen LogP contribution < -0.4 is 5.32 Å². The van der Waals surface area contributed by atoms with Crippen LogP contribution in [0.4, 0.5) is 4.39 Å². The molecule has 0 bridgehead atoms. The average Bonchev–Trinajstić information content (AvgIpc) is 2.69. The van der Waals surface area contributed by atoms with E-state index in [0.717, 1.165) is 12.8 Å². The maximum Gasteiger partial charge on any atom is 0.226 e. The molecule has 0 aromatic heterocycles. The Bertz CT molecular complexity index is 143. The van der Waals surface area contributed by atoms with Gasteiger partial charge in [-0.15, -0.1) is 0 Å². The van der Waals surface area contributed by atoms with Crippen molar-refractivity contribution in [1.82, 2.24) is 5.32 Å². The van der Waals surface area contributed by atoms with Crippen LogP contribution >= 0.6 is 0 Å². The number of nitrogens with one attached hydrogen (secondary N) is 1. The average molecular weight is 145 g/mol. The number of amides is 1. The molecule has 0 unspecified atom stereocenters. The second-order valence-electron chi connectivity index (χ2n) is 2.80. The van der Waals surface area contributed by atoms with Gasteiger partial charge in [-0.25, -0.2) is 0 Å². The van der Waals surface area contributed by atoms with Crippen LogP contribution in [-0.4, -0.2) is 19.6 Å². The van der Waals surface area contributed by atoms with Gasteiger partial charge in [0.1, 0.15) is 0 Å².